The molecule has 0 amide bonds. The van der Waals surface area contributed by atoms with E-state index in [0.717, 1.165) is 0 Å². The molecular weight excluding hydrogens is 358 g/mol. The minimum absolute atomic E-state index is 0.121. The van der Waals surface area contributed by atoms with E-state index in [1.165, 1.54) is 32.0 Å². The molecule has 0 saturated carbocycles. The molecular formula is C15H16ClNO4S2. The van der Waals surface area contributed by atoms with Gasteiger partial charge < -0.3 is 9.47 Å². The quantitative estimate of drug-likeness (QED) is 0.778. The van der Waals surface area contributed by atoms with Crippen molar-refractivity contribution >= 4 is 39.1 Å². The third-order valence-corrected chi connectivity index (χ3v) is 5.63. The Kier molecular flexibility index (Phi) is 5.67. The Morgan fingerprint density at radius 2 is 1.83 bits per heavy atom. The molecule has 0 aliphatic rings. The van der Waals surface area contributed by atoms with Crippen LogP contribution < -0.4 is 14.2 Å². The van der Waals surface area contributed by atoms with Crippen molar-refractivity contribution in [3.05, 3.63) is 41.4 Å². The predicted octanol–water partition coefficient (Wildman–Crippen LogP) is 3.88. The lowest BCUT2D eigenvalue weighted by atomic mass is 10.3. The van der Waals surface area contributed by atoms with E-state index in [2.05, 4.69) is 4.72 Å². The number of halogens is 1. The maximum Gasteiger partial charge on any atom is 0.263 e. The number of rotatable bonds is 6. The lowest BCUT2D eigenvalue weighted by Gasteiger charge is -2.14. The van der Waals surface area contributed by atoms with Gasteiger partial charge in [-0.05, 0) is 36.6 Å². The van der Waals surface area contributed by atoms with E-state index < -0.39 is 10.0 Å². The van der Waals surface area contributed by atoms with Crippen LogP contribution in [-0.2, 0) is 10.0 Å². The SMILES string of the molecule is COc1ccc(NS(=O)(=O)c2cc(Cl)ccc2SC)c(OC)c1. The minimum atomic E-state index is -3.81. The zero-order valence-corrected chi connectivity index (χ0v) is 15.2. The number of thioether (sulfide) groups is 1. The van der Waals surface area contributed by atoms with E-state index in [1.807, 2.05) is 0 Å². The van der Waals surface area contributed by atoms with Crippen molar-refractivity contribution in [1.82, 2.24) is 0 Å². The van der Waals surface area contributed by atoms with Crippen LogP contribution in [0.5, 0.6) is 11.5 Å². The Morgan fingerprint density at radius 3 is 2.43 bits per heavy atom. The molecule has 0 unspecified atom stereocenters. The maximum absolute atomic E-state index is 12.7. The van der Waals surface area contributed by atoms with E-state index in [-0.39, 0.29) is 4.90 Å². The average Bonchev–Trinajstić information content (AvgIpc) is 2.54. The largest absolute Gasteiger partial charge is 0.497 e. The van der Waals surface area contributed by atoms with E-state index in [0.29, 0.717) is 27.1 Å². The second kappa shape index (κ2) is 7.33. The van der Waals surface area contributed by atoms with Gasteiger partial charge in [-0.2, -0.15) is 0 Å². The molecule has 0 aliphatic heterocycles. The summed E-state index contributed by atoms with van der Waals surface area (Å²) in [5.74, 6) is 0.929. The van der Waals surface area contributed by atoms with Gasteiger partial charge in [0.2, 0.25) is 0 Å². The first-order valence-electron chi connectivity index (χ1n) is 6.49. The van der Waals surface area contributed by atoms with Gasteiger partial charge in [-0.15, -0.1) is 11.8 Å². The van der Waals surface area contributed by atoms with Gasteiger partial charge in [-0.3, -0.25) is 4.72 Å². The lowest BCUT2D eigenvalue weighted by Crippen LogP contribution is -2.14. The van der Waals surface area contributed by atoms with E-state index in [4.69, 9.17) is 21.1 Å². The summed E-state index contributed by atoms with van der Waals surface area (Å²) in [7, 11) is -0.826. The number of sulfonamides is 1. The van der Waals surface area contributed by atoms with Gasteiger partial charge in [0, 0.05) is 16.0 Å². The molecule has 23 heavy (non-hydrogen) atoms. The molecule has 0 fully saturated rings. The van der Waals surface area contributed by atoms with Crippen molar-refractivity contribution < 1.29 is 17.9 Å². The number of methoxy groups -OCH3 is 2. The summed E-state index contributed by atoms with van der Waals surface area (Å²) in [4.78, 5) is 0.727. The summed E-state index contributed by atoms with van der Waals surface area (Å²) in [6, 6.07) is 9.58. The molecule has 2 aromatic carbocycles. The molecule has 0 saturated heterocycles. The first-order chi connectivity index (χ1) is 10.9. The molecule has 2 rings (SSSR count). The fourth-order valence-electron chi connectivity index (χ4n) is 1.94. The van der Waals surface area contributed by atoms with Gasteiger partial charge in [0.1, 0.15) is 16.4 Å². The minimum Gasteiger partial charge on any atom is -0.497 e. The number of hydrogen-bond donors (Lipinski definition) is 1. The molecule has 2 aromatic rings. The van der Waals surface area contributed by atoms with Gasteiger partial charge in [-0.1, -0.05) is 11.6 Å². The summed E-state index contributed by atoms with van der Waals surface area (Å²) in [5.41, 5.74) is 0.320. The Balaban J connectivity index is 2.45. The Morgan fingerprint density at radius 1 is 1.09 bits per heavy atom. The van der Waals surface area contributed by atoms with E-state index in [1.54, 1.807) is 36.6 Å². The molecule has 0 atom stereocenters. The van der Waals surface area contributed by atoms with Crippen LogP contribution in [0, 0.1) is 0 Å². The molecule has 0 spiro atoms. The third-order valence-electron chi connectivity index (χ3n) is 3.07. The number of nitrogens with one attached hydrogen (secondary N) is 1. The molecule has 5 nitrogen and oxygen atoms in total. The van der Waals surface area contributed by atoms with Crippen molar-refractivity contribution in [2.24, 2.45) is 0 Å². The number of ether oxygens (including phenoxy) is 2. The van der Waals surface area contributed by atoms with Crippen molar-refractivity contribution in [1.29, 1.82) is 0 Å². The van der Waals surface area contributed by atoms with Crippen LogP contribution in [0.4, 0.5) is 5.69 Å². The fraction of sp³-hybridized carbons (Fsp3) is 0.200. The second-order valence-corrected chi connectivity index (χ2v) is 7.40. The zero-order valence-electron chi connectivity index (χ0n) is 12.8. The van der Waals surface area contributed by atoms with Crippen LogP contribution >= 0.6 is 23.4 Å². The van der Waals surface area contributed by atoms with Gasteiger partial charge >= 0.3 is 0 Å². The van der Waals surface area contributed by atoms with Gasteiger partial charge in [-0.25, -0.2) is 8.42 Å². The first-order valence-corrected chi connectivity index (χ1v) is 9.58. The smallest absolute Gasteiger partial charge is 0.263 e. The summed E-state index contributed by atoms with van der Waals surface area (Å²) in [6.45, 7) is 0. The van der Waals surface area contributed by atoms with Gasteiger partial charge in [0.25, 0.3) is 10.0 Å². The first kappa shape index (κ1) is 17.8. The highest BCUT2D eigenvalue weighted by Gasteiger charge is 2.21. The summed E-state index contributed by atoms with van der Waals surface area (Å²) in [6.07, 6.45) is 1.80. The second-order valence-electron chi connectivity index (χ2n) is 4.47. The molecule has 0 radical (unpaired) electrons. The highest BCUT2D eigenvalue weighted by molar-refractivity contribution is 7.99. The summed E-state index contributed by atoms with van der Waals surface area (Å²) < 4.78 is 38.2. The molecule has 0 bridgehead atoms. The maximum atomic E-state index is 12.7. The summed E-state index contributed by atoms with van der Waals surface area (Å²) in [5, 5.41) is 0.352. The standard InChI is InChI=1S/C15H16ClNO4S2/c1-20-11-5-6-12(13(9-11)21-2)17-23(18,19)15-8-10(16)4-7-14(15)22-3/h4-9,17H,1-3H3. The highest BCUT2D eigenvalue weighted by atomic mass is 35.5. The van der Waals surface area contributed by atoms with Gasteiger partial charge in [0.05, 0.1) is 19.9 Å². The number of hydrogen-bond acceptors (Lipinski definition) is 5. The Labute approximate surface area is 145 Å². The Bertz CT molecular complexity index is 809. The third kappa shape index (κ3) is 4.04. The summed E-state index contributed by atoms with van der Waals surface area (Å²) >= 11 is 7.27. The predicted molar refractivity (Wildman–Crippen MR) is 93.6 cm³/mol. The van der Waals surface area contributed by atoms with Crippen molar-refractivity contribution in [3.63, 3.8) is 0 Å². The molecule has 0 aliphatic carbocycles. The number of benzene rings is 2. The van der Waals surface area contributed by atoms with Crippen LogP contribution in [0.3, 0.4) is 0 Å². The van der Waals surface area contributed by atoms with Crippen LogP contribution in [0.1, 0.15) is 0 Å². The molecule has 1 N–H and O–H groups in total. The van der Waals surface area contributed by atoms with Crippen LogP contribution in [0.15, 0.2) is 46.2 Å². The van der Waals surface area contributed by atoms with E-state index in [9.17, 15) is 8.42 Å². The normalized spacial score (nSPS) is 11.1. The Hall–Kier alpha value is -1.57. The fourth-order valence-corrected chi connectivity index (χ4v) is 4.41. The average molecular weight is 374 g/mol. The van der Waals surface area contributed by atoms with Crippen LogP contribution in [0.2, 0.25) is 5.02 Å². The van der Waals surface area contributed by atoms with Crippen LogP contribution in [0.25, 0.3) is 0 Å². The van der Waals surface area contributed by atoms with Gasteiger partial charge in [0.15, 0.2) is 0 Å². The van der Waals surface area contributed by atoms with Crippen molar-refractivity contribution in [2.45, 2.75) is 9.79 Å². The molecule has 0 aromatic heterocycles. The molecule has 124 valence electrons. The highest BCUT2D eigenvalue weighted by Crippen LogP contribution is 2.33. The number of anilines is 1. The van der Waals surface area contributed by atoms with Crippen molar-refractivity contribution in [3.8, 4) is 11.5 Å². The monoisotopic (exact) mass is 373 g/mol. The molecule has 8 heteroatoms. The van der Waals surface area contributed by atoms with E-state index >= 15 is 0 Å². The lowest BCUT2D eigenvalue weighted by molar-refractivity contribution is 0.395. The zero-order chi connectivity index (χ0) is 17.0. The topological polar surface area (TPSA) is 64.6 Å². The van der Waals surface area contributed by atoms with Crippen molar-refractivity contribution in [2.75, 3.05) is 25.2 Å². The van der Waals surface area contributed by atoms with Crippen LogP contribution in [-0.4, -0.2) is 28.9 Å². The molecule has 0 heterocycles.